The minimum atomic E-state index is -3.99. The average molecular weight is 299 g/mol. The standard InChI is InChI=1S/C13H21N3O3S/c1-2-3-4-8-11-15-13(17)16(14)20(18,19)12-9-6-5-7-10-12/h5-7,9-10H,2-4,8,11,14H2,1H3,(H,15,17). The van der Waals surface area contributed by atoms with E-state index in [0.717, 1.165) is 25.7 Å². The van der Waals surface area contributed by atoms with Crippen molar-refractivity contribution in [3.63, 3.8) is 0 Å². The number of hydrogen-bond donors (Lipinski definition) is 2. The summed E-state index contributed by atoms with van der Waals surface area (Å²) in [6.45, 7) is 2.50. The van der Waals surface area contributed by atoms with Crippen LogP contribution in [0.2, 0.25) is 0 Å². The number of hydrazine groups is 1. The Morgan fingerprint density at radius 2 is 1.85 bits per heavy atom. The molecule has 1 aromatic carbocycles. The molecule has 0 aromatic heterocycles. The third kappa shape index (κ3) is 4.50. The number of carbonyl (C=O) groups is 1. The van der Waals surface area contributed by atoms with E-state index in [2.05, 4.69) is 12.2 Å². The van der Waals surface area contributed by atoms with Crippen molar-refractivity contribution in [2.24, 2.45) is 5.84 Å². The molecule has 112 valence electrons. The van der Waals surface area contributed by atoms with Crippen molar-refractivity contribution in [2.45, 2.75) is 37.5 Å². The maximum Gasteiger partial charge on any atom is 0.346 e. The quantitative estimate of drug-likeness (QED) is 0.348. The van der Waals surface area contributed by atoms with Gasteiger partial charge in [0.05, 0.1) is 4.90 Å². The zero-order valence-electron chi connectivity index (χ0n) is 11.6. The largest absolute Gasteiger partial charge is 0.346 e. The van der Waals surface area contributed by atoms with Gasteiger partial charge in [0.25, 0.3) is 10.0 Å². The number of hydrogen-bond acceptors (Lipinski definition) is 4. The molecule has 0 aliphatic rings. The van der Waals surface area contributed by atoms with Crippen LogP contribution in [0.4, 0.5) is 4.79 Å². The van der Waals surface area contributed by atoms with Gasteiger partial charge in [0.2, 0.25) is 0 Å². The SMILES string of the molecule is CCCCCCNC(=O)N(N)S(=O)(=O)c1ccccc1. The summed E-state index contributed by atoms with van der Waals surface area (Å²) in [4.78, 5) is 11.7. The maximum absolute atomic E-state index is 12.0. The van der Waals surface area contributed by atoms with Crippen LogP contribution in [0.5, 0.6) is 0 Å². The first-order valence-electron chi connectivity index (χ1n) is 6.63. The highest BCUT2D eigenvalue weighted by atomic mass is 32.2. The summed E-state index contributed by atoms with van der Waals surface area (Å²) in [6, 6.07) is 6.80. The number of unbranched alkanes of at least 4 members (excludes halogenated alkanes) is 3. The third-order valence-corrected chi connectivity index (χ3v) is 4.36. The number of urea groups is 1. The van der Waals surface area contributed by atoms with Crippen LogP contribution in [-0.4, -0.2) is 25.4 Å². The summed E-state index contributed by atoms with van der Waals surface area (Å²) in [5.41, 5.74) is 0. The Labute approximate surface area is 120 Å². The van der Waals surface area contributed by atoms with Gasteiger partial charge in [-0.1, -0.05) is 44.4 Å². The minimum Gasteiger partial charge on any atom is -0.336 e. The molecular formula is C13H21N3O3S. The summed E-state index contributed by atoms with van der Waals surface area (Å²) < 4.78 is 24.3. The highest BCUT2D eigenvalue weighted by Gasteiger charge is 2.25. The molecule has 7 heteroatoms. The zero-order valence-corrected chi connectivity index (χ0v) is 12.4. The first-order valence-corrected chi connectivity index (χ1v) is 8.07. The van der Waals surface area contributed by atoms with Crippen LogP contribution < -0.4 is 11.2 Å². The Kier molecular flexibility index (Phi) is 6.47. The molecule has 1 rings (SSSR count). The van der Waals surface area contributed by atoms with E-state index in [0.29, 0.717) is 6.54 Å². The van der Waals surface area contributed by atoms with Crippen LogP contribution >= 0.6 is 0 Å². The van der Waals surface area contributed by atoms with Crippen LogP contribution in [0.1, 0.15) is 32.6 Å². The van der Waals surface area contributed by atoms with Crippen molar-refractivity contribution >= 4 is 16.1 Å². The van der Waals surface area contributed by atoms with Gasteiger partial charge in [0.1, 0.15) is 0 Å². The highest BCUT2D eigenvalue weighted by molar-refractivity contribution is 7.89. The van der Waals surface area contributed by atoms with E-state index in [9.17, 15) is 13.2 Å². The number of nitrogens with one attached hydrogen (secondary N) is 1. The van der Waals surface area contributed by atoms with Crippen molar-refractivity contribution in [1.82, 2.24) is 9.73 Å². The number of amides is 2. The molecule has 2 amide bonds. The fourth-order valence-corrected chi connectivity index (χ4v) is 2.65. The minimum absolute atomic E-state index is 0.0105. The summed E-state index contributed by atoms with van der Waals surface area (Å²) in [7, 11) is -3.99. The lowest BCUT2D eigenvalue weighted by molar-refractivity contribution is 0.223. The normalized spacial score (nSPS) is 11.1. The number of rotatable bonds is 7. The maximum atomic E-state index is 12.0. The second kappa shape index (κ2) is 7.86. The third-order valence-electron chi connectivity index (χ3n) is 2.81. The molecule has 0 atom stereocenters. The Balaban J connectivity index is 2.56. The van der Waals surface area contributed by atoms with Gasteiger partial charge in [-0.2, -0.15) is 8.42 Å². The molecule has 0 aliphatic heterocycles. The predicted molar refractivity (Wildman–Crippen MR) is 77.2 cm³/mol. The van der Waals surface area contributed by atoms with Gasteiger partial charge < -0.3 is 5.32 Å². The highest BCUT2D eigenvalue weighted by Crippen LogP contribution is 2.12. The molecule has 0 radical (unpaired) electrons. The van der Waals surface area contributed by atoms with E-state index >= 15 is 0 Å². The number of sulfonamides is 1. The average Bonchev–Trinajstić information content (AvgIpc) is 2.47. The summed E-state index contributed by atoms with van der Waals surface area (Å²) in [5.74, 6) is 5.40. The van der Waals surface area contributed by atoms with Crippen molar-refractivity contribution < 1.29 is 13.2 Å². The molecule has 0 spiro atoms. The fourth-order valence-electron chi connectivity index (χ4n) is 1.64. The molecule has 6 nitrogen and oxygen atoms in total. The van der Waals surface area contributed by atoms with E-state index in [4.69, 9.17) is 5.84 Å². The molecule has 0 saturated carbocycles. The number of nitrogens with zero attached hydrogens (tertiary/aromatic N) is 1. The molecular weight excluding hydrogens is 278 g/mol. The molecule has 1 aromatic rings. The molecule has 0 saturated heterocycles. The first kappa shape index (κ1) is 16.5. The van der Waals surface area contributed by atoms with Gasteiger partial charge >= 0.3 is 6.03 Å². The van der Waals surface area contributed by atoms with Crippen LogP contribution in [0.3, 0.4) is 0 Å². The van der Waals surface area contributed by atoms with Gasteiger partial charge in [-0.05, 0) is 18.6 Å². The van der Waals surface area contributed by atoms with E-state index in [1.165, 1.54) is 12.1 Å². The lowest BCUT2D eigenvalue weighted by Crippen LogP contribution is -2.48. The van der Waals surface area contributed by atoms with Crippen molar-refractivity contribution in [2.75, 3.05) is 6.54 Å². The van der Waals surface area contributed by atoms with Gasteiger partial charge in [-0.25, -0.2) is 10.6 Å². The Bertz CT molecular complexity index is 517. The van der Waals surface area contributed by atoms with E-state index in [1.807, 2.05) is 0 Å². The van der Waals surface area contributed by atoms with Crippen molar-refractivity contribution in [3.8, 4) is 0 Å². The first-order chi connectivity index (χ1) is 9.50. The van der Waals surface area contributed by atoms with Crippen LogP contribution in [-0.2, 0) is 10.0 Å². The van der Waals surface area contributed by atoms with Gasteiger partial charge in [-0.3, -0.25) is 0 Å². The van der Waals surface area contributed by atoms with Crippen LogP contribution in [0.15, 0.2) is 35.2 Å². The number of nitrogens with two attached hydrogens (primary N) is 1. The summed E-state index contributed by atoms with van der Waals surface area (Å²) in [6.07, 6.45) is 3.98. The van der Waals surface area contributed by atoms with Gasteiger partial charge in [0.15, 0.2) is 0 Å². The second-order valence-corrected chi connectivity index (χ2v) is 6.22. The fraction of sp³-hybridized carbons (Fsp3) is 0.462. The predicted octanol–water partition coefficient (Wildman–Crippen LogP) is 1.84. The van der Waals surface area contributed by atoms with E-state index < -0.39 is 16.1 Å². The molecule has 0 unspecified atom stereocenters. The van der Waals surface area contributed by atoms with Crippen LogP contribution in [0, 0.1) is 0 Å². The number of benzene rings is 1. The summed E-state index contributed by atoms with van der Waals surface area (Å²) in [5, 5.41) is 2.50. The van der Waals surface area contributed by atoms with E-state index in [-0.39, 0.29) is 9.31 Å². The Hall–Kier alpha value is -1.60. The molecule has 3 N–H and O–H groups in total. The Morgan fingerprint density at radius 1 is 1.20 bits per heavy atom. The van der Waals surface area contributed by atoms with Gasteiger partial charge in [0, 0.05) is 6.54 Å². The molecule has 0 aliphatic carbocycles. The molecule has 20 heavy (non-hydrogen) atoms. The van der Waals surface area contributed by atoms with Crippen molar-refractivity contribution in [3.05, 3.63) is 30.3 Å². The molecule has 0 heterocycles. The molecule has 0 fully saturated rings. The Morgan fingerprint density at radius 3 is 2.45 bits per heavy atom. The topological polar surface area (TPSA) is 92.5 Å². The molecule has 0 bridgehead atoms. The van der Waals surface area contributed by atoms with E-state index in [1.54, 1.807) is 18.2 Å². The number of carbonyl (C=O) groups excluding carboxylic acids is 1. The lowest BCUT2D eigenvalue weighted by atomic mass is 10.2. The smallest absolute Gasteiger partial charge is 0.336 e. The van der Waals surface area contributed by atoms with Crippen LogP contribution in [0.25, 0.3) is 0 Å². The summed E-state index contributed by atoms with van der Waals surface area (Å²) >= 11 is 0. The van der Waals surface area contributed by atoms with Gasteiger partial charge in [-0.15, -0.1) is 4.41 Å². The monoisotopic (exact) mass is 299 g/mol. The lowest BCUT2D eigenvalue weighted by Gasteiger charge is -2.17. The second-order valence-electron chi connectivity index (χ2n) is 4.41. The van der Waals surface area contributed by atoms with Crippen molar-refractivity contribution in [1.29, 1.82) is 0 Å². The zero-order chi connectivity index (χ0) is 15.0.